The van der Waals surface area contributed by atoms with Crippen LogP contribution in [0.15, 0.2) is 0 Å². The summed E-state index contributed by atoms with van der Waals surface area (Å²) in [5.74, 6) is 0.883. The number of thioether (sulfide) groups is 1. The lowest BCUT2D eigenvalue weighted by Crippen LogP contribution is -2.30. The minimum atomic E-state index is -0.0584. The Labute approximate surface area is 184 Å². The summed E-state index contributed by atoms with van der Waals surface area (Å²) in [6.45, 7) is 9.86. The van der Waals surface area contributed by atoms with E-state index in [-0.39, 0.29) is 23.1 Å². The molecule has 0 bridgehead atoms. The summed E-state index contributed by atoms with van der Waals surface area (Å²) in [6.07, 6.45) is 1.62. The number of ether oxygens (including phenoxy) is 2. The molecule has 0 radical (unpaired) electrons. The average Bonchev–Trinajstić information content (AvgIpc) is 2.65. The fraction of sp³-hybridized carbons (Fsp3) is 0.850. The van der Waals surface area contributed by atoms with E-state index >= 15 is 0 Å². The Morgan fingerprint density at radius 3 is 1.97 bits per heavy atom. The number of nitrogens with one attached hydrogen (secondary N) is 3. The Morgan fingerprint density at radius 1 is 0.833 bits per heavy atom. The highest BCUT2D eigenvalue weighted by molar-refractivity contribution is 7.99. The molecule has 9 nitrogen and oxygen atoms in total. The van der Waals surface area contributed by atoms with Crippen molar-refractivity contribution >= 4 is 29.5 Å². The molecule has 0 fully saturated rings. The van der Waals surface area contributed by atoms with Crippen molar-refractivity contribution in [2.75, 3.05) is 64.1 Å². The average molecular weight is 449 g/mol. The Bertz CT molecular complexity index is 486. The molecule has 0 aromatic rings. The molecule has 0 saturated heterocycles. The molecule has 176 valence electrons. The number of rotatable bonds is 18. The summed E-state index contributed by atoms with van der Waals surface area (Å²) in [5.41, 5.74) is 5.34. The maximum absolute atomic E-state index is 11.7. The molecule has 0 aliphatic carbocycles. The van der Waals surface area contributed by atoms with E-state index in [1.165, 1.54) is 11.8 Å². The Hall–Kier alpha value is -1.36. The summed E-state index contributed by atoms with van der Waals surface area (Å²) in [6, 6.07) is 0. The highest BCUT2D eigenvalue weighted by Gasteiger charge is 2.15. The first kappa shape index (κ1) is 28.6. The molecular formula is C20H40N4O5S. The molecule has 30 heavy (non-hydrogen) atoms. The lowest BCUT2D eigenvalue weighted by molar-refractivity contribution is -0.123. The Balaban J connectivity index is 3.37. The van der Waals surface area contributed by atoms with Crippen LogP contribution in [-0.4, -0.2) is 81.8 Å². The van der Waals surface area contributed by atoms with E-state index in [1.54, 1.807) is 0 Å². The van der Waals surface area contributed by atoms with Crippen LogP contribution in [0.4, 0.5) is 0 Å². The van der Waals surface area contributed by atoms with Crippen LogP contribution in [0.1, 0.15) is 40.0 Å². The van der Waals surface area contributed by atoms with Gasteiger partial charge in [-0.3, -0.25) is 14.4 Å². The molecule has 0 aliphatic rings. The van der Waals surface area contributed by atoms with E-state index in [1.807, 2.05) is 20.8 Å². The minimum Gasteiger partial charge on any atom is -0.377 e. The number of carbonyl (C=O) groups excluding carboxylic acids is 3. The maximum Gasteiger partial charge on any atom is 0.229 e. The summed E-state index contributed by atoms with van der Waals surface area (Å²) < 4.78 is 10.8. The third-order valence-electron chi connectivity index (χ3n) is 3.61. The zero-order valence-corrected chi connectivity index (χ0v) is 19.5. The highest BCUT2D eigenvalue weighted by atomic mass is 32.2. The van der Waals surface area contributed by atoms with Gasteiger partial charge in [0.15, 0.2) is 0 Å². The zero-order valence-electron chi connectivity index (χ0n) is 18.7. The lowest BCUT2D eigenvalue weighted by Gasteiger charge is -2.17. The van der Waals surface area contributed by atoms with E-state index in [9.17, 15) is 14.4 Å². The standard InChI is InChI=1S/C20H40N4O5S/c1-20(2,3)15-18(26)24-9-11-29-13-12-28-10-8-23-17(25)5-14-30-16-19(27)22-7-4-6-21/h4-16,21H2,1-3H3,(H,22,27)(H,23,25)(H,24,26). The highest BCUT2D eigenvalue weighted by Crippen LogP contribution is 2.17. The lowest BCUT2D eigenvalue weighted by atomic mass is 9.92. The van der Waals surface area contributed by atoms with E-state index in [2.05, 4.69) is 16.0 Å². The Morgan fingerprint density at radius 2 is 1.40 bits per heavy atom. The summed E-state index contributed by atoms with van der Waals surface area (Å²) in [5, 5.41) is 8.36. The number of carbonyl (C=O) groups is 3. The van der Waals surface area contributed by atoms with E-state index in [0.29, 0.717) is 77.0 Å². The van der Waals surface area contributed by atoms with Crippen LogP contribution in [0.5, 0.6) is 0 Å². The molecular weight excluding hydrogens is 408 g/mol. The first-order valence-electron chi connectivity index (χ1n) is 10.5. The van der Waals surface area contributed by atoms with Crippen molar-refractivity contribution in [2.24, 2.45) is 11.1 Å². The van der Waals surface area contributed by atoms with Crippen LogP contribution < -0.4 is 21.7 Å². The normalized spacial score (nSPS) is 11.2. The van der Waals surface area contributed by atoms with Gasteiger partial charge in [-0.2, -0.15) is 11.8 Å². The van der Waals surface area contributed by atoms with Crippen LogP contribution in [0.3, 0.4) is 0 Å². The SMILES string of the molecule is CC(C)(C)CC(=O)NCCOCCOCCNC(=O)CCSCC(=O)NCCCN. The van der Waals surface area contributed by atoms with Gasteiger partial charge in [-0.05, 0) is 18.4 Å². The summed E-state index contributed by atoms with van der Waals surface area (Å²) >= 11 is 1.43. The largest absolute Gasteiger partial charge is 0.377 e. The second-order valence-corrected chi connectivity index (χ2v) is 9.06. The molecule has 3 amide bonds. The first-order chi connectivity index (χ1) is 14.2. The quantitative estimate of drug-likeness (QED) is 0.221. The van der Waals surface area contributed by atoms with Gasteiger partial charge in [0.2, 0.25) is 17.7 Å². The van der Waals surface area contributed by atoms with Crippen molar-refractivity contribution in [3.8, 4) is 0 Å². The van der Waals surface area contributed by atoms with Crippen LogP contribution in [0, 0.1) is 5.41 Å². The van der Waals surface area contributed by atoms with Crippen molar-refractivity contribution in [3.63, 3.8) is 0 Å². The number of hydrogen-bond acceptors (Lipinski definition) is 7. The second kappa shape index (κ2) is 18.4. The predicted molar refractivity (Wildman–Crippen MR) is 120 cm³/mol. The van der Waals surface area contributed by atoms with E-state index in [0.717, 1.165) is 6.42 Å². The second-order valence-electron chi connectivity index (χ2n) is 7.96. The van der Waals surface area contributed by atoms with Crippen molar-refractivity contribution < 1.29 is 23.9 Å². The van der Waals surface area contributed by atoms with Gasteiger partial charge in [0.1, 0.15) is 0 Å². The van der Waals surface area contributed by atoms with Crippen molar-refractivity contribution in [1.29, 1.82) is 0 Å². The van der Waals surface area contributed by atoms with Gasteiger partial charge in [0.05, 0.1) is 32.2 Å². The molecule has 0 heterocycles. The topological polar surface area (TPSA) is 132 Å². The summed E-state index contributed by atoms with van der Waals surface area (Å²) in [4.78, 5) is 34.8. The molecule has 0 rings (SSSR count). The Kier molecular flexibility index (Phi) is 17.6. The zero-order chi connectivity index (χ0) is 22.7. The molecule has 5 N–H and O–H groups in total. The number of hydrogen-bond donors (Lipinski definition) is 4. The number of amides is 3. The van der Waals surface area contributed by atoms with Gasteiger partial charge in [0, 0.05) is 38.2 Å². The molecule has 0 atom stereocenters. The van der Waals surface area contributed by atoms with Crippen LogP contribution in [0.25, 0.3) is 0 Å². The van der Waals surface area contributed by atoms with E-state index < -0.39 is 0 Å². The van der Waals surface area contributed by atoms with Crippen molar-refractivity contribution in [3.05, 3.63) is 0 Å². The van der Waals surface area contributed by atoms with Gasteiger partial charge >= 0.3 is 0 Å². The fourth-order valence-electron chi connectivity index (χ4n) is 2.19. The van der Waals surface area contributed by atoms with Gasteiger partial charge in [-0.25, -0.2) is 0 Å². The molecule has 0 saturated carbocycles. The van der Waals surface area contributed by atoms with Gasteiger partial charge in [-0.1, -0.05) is 20.8 Å². The van der Waals surface area contributed by atoms with Crippen LogP contribution >= 0.6 is 11.8 Å². The third kappa shape index (κ3) is 21.4. The third-order valence-corrected chi connectivity index (χ3v) is 4.57. The number of nitrogens with two attached hydrogens (primary N) is 1. The van der Waals surface area contributed by atoms with Crippen molar-refractivity contribution in [2.45, 2.75) is 40.0 Å². The van der Waals surface area contributed by atoms with Crippen molar-refractivity contribution in [1.82, 2.24) is 16.0 Å². The van der Waals surface area contributed by atoms with Crippen LogP contribution in [0.2, 0.25) is 0 Å². The van der Waals surface area contributed by atoms with Gasteiger partial charge in [-0.15, -0.1) is 0 Å². The molecule has 0 aromatic heterocycles. The maximum atomic E-state index is 11.7. The first-order valence-corrected chi connectivity index (χ1v) is 11.6. The predicted octanol–water partition coefficient (Wildman–Crippen LogP) is 0.277. The molecule has 0 unspecified atom stereocenters. The molecule has 10 heteroatoms. The monoisotopic (exact) mass is 448 g/mol. The fourth-order valence-corrected chi connectivity index (χ4v) is 2.95. The van der Waals surface area contributed by atoms with Gasteiger partial charge < -0.3 is 31.2 Å². The minimum absolute atomic E-state index is 0.0199. The molecule has 0 aliphatic heterocycles. The molecule has 0 aromatic carbocycles. The summed E-state index contributed by atoms with van der Waals surface area (Å²) in [7, 11) is 0. The smallest absolute Gasteiger partial charge is 0.229 e. The van der Waals surface area contributed by atoms with Crippen LogP contribution in [-0.2, 0) is 23.9 Å². The molecule has 0 spiro atoms. The van der Waals surface area contributed by atoms with E-state index in [4.69, 9.17) is 15.2 Å². The van der Waals surface area contributed by atoms with Gasteiger partial charge in [0.25, 0.3) is 0 Å².